The normalized spacial score (nSPS) is 28.9. The van der Waals surface area contributed by atoms with E-state index in [0.717, 1.165) is 47.9 Å². The van der Waals surface area contributed by atoms with Gasteiger partial charge in [-0.05, 0) is 44.4 Å². The van der Waals surface area contributed by atoms with E-state index >= 15 is 0 Å². The van der Waals surface area contributed by atoms with Crippen molar-refractivity contribution in [1.29, 1.82) is 0 Å². The minimum atomic E-state index is 0.170. The number of rotatable bonds is 3. The number of carbonyl (C=O) groups is 1. The fourth-order valence-electron chi connectivity index (χ4n) is 3.59. The molecule has 2 aliphatic rings. The Balaban J connectivity index is 1.73. The summed E-state index contributed by atoms with van der Waals surface area (Å²) in [5.74, 6) is 1.31. The first kappa shape index (κ1) is 14.0. The molecule has 110 valence electrons. The molecule has 2 fully saturated rings. The van der Waals surface area contributed by atoms with Gasteiger partial charge in [0, 0.05) is 19.1 Å². The molecule has 4 nitrogen and oxygen atoms in total. The molecule has 0 radical (unpaired) electrons. The van der Waals surface area contributed by atoms with Crippen molar-refractivity contribution in [1.82, 2.24) is 9.88 Å². The molecule has 20 heavy (non-hydrogen) atoms. The molecule has 3 atom stereocenters. The highest BCUT2D eigenvalue weighted by atomic mass is 32.1. The van der Waals surface area contributed by atoms with Crippen LogP contribution in [-0.2, 0) is 6.42 Å². The Bertz CT molecular complexity index is 513. The van der Waals surface area contributed by atoms with Crippen LogP contribution < -0.4 is 5.73 Å². The van der Waals surface area contributed by atoms with Crippen molar-refractivity contribution < 1.29 is 4.79 Å². The fraction of sp³-hybridized carbons (Fsp3) is 0.733. The van der Waals surface area contributed by atoms with Crippen LogP contribution in [0.5, 0.6) is 0 Å². The fourth-order valence-corrected chi connectivity index (χ4v) is 4.72. The summed E-state index contributed by atoms with van der Waals surface area (Å²) in [6.45, 7) is 5.82. The van der Waals surface area contributed by atoms with E-state index in [9.17, 15) is 4.79 Å². The molecule has 1 aromatic heterocycles. The van der Waals surface area contributed by atoms with E-state index in [2.05, 4.69) is 11.9 Å². The molecule has 1 amide bonds. The maximum Gasteiger partial charge on any atom is 0.265 e. The number of aromatic nitrogens is 1. The van der Waals surface area contributed by atoms with E-state index in [1.165, 1.54) is 6.42 Å². The molecule has 1 aromatic rings. The van der Waals surface area contributed by atoms with E-state index in [-0.39, 0.29) is 11.9 Å². The summed E-state index contributed by atoms with van der Waals surface area (Å²) in [5, 5.41) is 1.09. The molecular weight excluding hydrogens is 270 g/mol. The molecule has 5 heteroatoms. The number of thiazole rings is 1. The zero-order valence-electron chi connectivity index (χ0n) is 12.3. The van der Waals surface area contributed by atoms with Crippen LogP contribution in [0.15, 0.2) is 0 Å². The molecule has 1 saturated carbocycles. The van der Waals surface area contributed by atoms with Gasteiger partial charge >= 0.3 is 0 Å². The van der Waals surface area contributed by atoms with Gasteiger partial charge in [0.1, 0.15) is 4.88 Å². The van der Waals surface area contributed by atoms with E-state index < -0.39 is 0 Å². The number of amides is 1. The number of aryl methyl sites for hydroxylation is 2. The number of fused-ring (bicyclic) bond motifs is 1. The number of hydrogen-bond acceptors (Lipinski definition) is 4. The number of carbonyl (C=O) groups excluding carboxylic acids is 1. The van der Waals surface area contributed by atoms with E-state index in [0.29, 0.717) is 11.8 Å². The Hall–Kier alpha value is -0.940. The molecule has 1 saturated heterocycles. The third kappa shape index (κ3) is 2.37. The van der Waals surface area contributed by atoms with Crippen LogP contribution in [-0.4, -0.2) is 34.9 Å². The van der Waals surface area contributed by atoms with Crippen LogP contribution >= 0.6 is 11.3 Å². The van der Waals surface area contributed by atoms with Gasteiger partial charge in [-0.1, -0.05) is 6.92 Å². The monoisotopic (exact) mass is 293 g/mol. The summed E-state index contributed by atoms with van der Waals surface area (Å²) in [7, 11) is 0. The Morgan fingerprint density at radius 2 is 2.25 bits per heavy atom. The van der Waals surface area contributed by atoms with Gasteiger partial charge in [-0.25, -0.2) is 4.98 Å². The zero-order valence-corrected chi connectivity index (χ0v) is 13.1. The lowest BCUT2D eigenvalue weighted by molar-refractivity contribution is 0.0783. The van der Waals surface area contributed by atoms with E-state index in [1.54, 1.807) is 11.3 Å². The predicted molar refractivity (Wildman–Crippen MR) is 80.9 cm³/mol. The SMILES string of the molecule is CCCc1nc(C)c(C(=O)N2CC3CCC(N)C3C2)s1. The van der Waals surface area contributed by atoms with Gasteiger partial charge in [0.25, 0.3) is 5.91 Å². The first-order valence-corrected chi connectivity index (χ1v) is 8.43. The summed E-state index contributed by atoms with van der Waals surface area (Å²) in [6, 6.07) is 0.288. The second-order valence-electron chi connectivity index (χ2n) is 6.15. The lowest BCUT2D eigenvalue weighted by Crippen LogP contribution is -2.33. The van der Waals surface area contributed by atoms with Crippen LogP contribution in [0, 0.1) is 18.8 Å². The van der Waals surface area contributed by atoms with E-state index in [1.807, 2.05) is 11.8 Å². The first-order chi connectivity index (χ1) is 9.60. The predicted octanol–water partition coefficient (Wildman–Crippen LogP) is 2.21. The van der Waals surface area contributed by atoms with Crippen molar-refractivity contribution in [3.63, 3.8) is 0 Å². The first-order valence-electron chi connectivity index (χ1n) is 7.61. The van der Waals surface area contributed by atoms with Crippen molar-refractivity contribution in [3.05, 3.63) is 15.6 Å². The highest BCUT2D eigenvalue weighted by Crippen LogP contribution is 2.38. The van der Waals surface area contributed by atoms with Crippen molar-refractivity contribution in [2.24, 2.45) is 17.6 Å². The summed E-state index contributed by atoms with van der Waals surface area (Å²) in [6.07, 6.45) is 4.34. The maximum absolute atomic E-state index is 12.7. The molecule has 2 heterocycles. The summed E-state index contributed by atoms with van der Waals surface area (Å²) >= 11 is 1.57. The molecule has 0 spiro atoms. The molecule has 1 aliphatic carbocycles. The third-order valence-electron chi connectivity index (χ3n) is 4.70. The van der Waals surface area contributed by atoms with Gasteiger partial charge in [-0.3, -0.25) is 4.79 Å². The van der Waals surface area contributed by atoms with Crippen molar-refractivity contribution >= 4 is 17.2 Å². The Morgan fingerprint density at radius 3 is 2.95 bits per heavy atom. The van der Waals surface area contributed by atoms with Crippen molar-refractivity contribution in [3.8, 4) is 0 Å². The summed E-state index contributed by atoms with van der Waals surface area (Å²) in [4.78, 5) is 20.0. The van der Waals surface area contributed by atoms with Gasteiger partial charge < -0.3 is 10.6 Å². The second kappa shape index (κ2) is 5.45. The van der Waals surface area contributed by atoms with Gasteiger partial charge in [0.2, 0.25) is 0 Å². The Morgan fingerprint density at radius 1 is 1.45 bits per heavy atom. The van der Waals surface area contributed by atoms with Crippen LogP contribution in [0.1, 0.15) is 46.6 Å². The smallest absolute Gasteiger partial charge is 0.265 e. The second-order valence-corrected chi connectivity index (χ2v) is 7.23. The highest BCUT2D eigenvalue weighted by Gasteiger charge is 2.43. The standard InChI is InChI=1S/C15H23N3OS/c1-3-4-13-17-9(2)14(20-13)15(19)18-7-10-5-6-12(16)11(10)8-18/h10-12H,3-8,16H2,1-2H3. The van der Waals surface area contributed by atoms with E-state index in [4.69, 9.17) is 5.73 Å². The molecule has 3 unspecified atom stereocenters. The van der Waals surface area contributed by atoms with Crippen LogP contribution in [0.3, 0.4) is 0 Å². The van der Waals surface area contributed by atoms with Crippen molar-refractivity contribution in [2.75, 3.05) is 13.1 Å². The average Bonchev–Trinajstić information content (AvgIpc) is 3.07. The molecular formula is C15H23N3OS. The third-order valence-corrected chi connectivity index (χ3v) is 5.90. The van der Waals surface area contributed by atoms with Crippen LogP contribution in [0.2, 0.25) is 0 Å². The molecule has 0 bridgehead atoms. The lowest BCUT2D eigenvalue weighted by Gasteiger charge is -2.18. The summed E-state index contributed by atoms with van der Waals surface area (Å²) in [5.41, 5.74) is 7.04. The number of hydrogen-bond donors (Lipinski definition) is 1. The number of nitrogens with two attached hydrogens (primary N) is 1. The molecule has 1 aliphatic heterocycles. The topological polar surface area (TPSA) is 59.2 Å². The van der Waals surface area contributed by atoms with Gasteiger partial charge in [-0.2, -0.15) is 0 Å². The quantitative estimate of drug-likeness (QED) is 0.929. The molecule has 0 aromatic carbocycles. The average molecular weight is 293 g/mol. The Kier molecular flexibility index (Phi) is 3.82. The van der Waals surface area contributed by atoms with Crippen LogP contribution in [0.25, 0.3) is 0 Å². The van der Waals surface area contributed by atoms with Gasteiger partial charge in [-0.15, -0.1) is 11.3 Å². The van der Waals surface area contributed by atoms with Crippen molar-refractivity contribution in [2.45, 2.75) is 45.6 Å². The zero-order chi connectivity index (χ0) is 14.3. The maximum atomic E-state index is 12.7. The Labute approximate surface area is 124 Å². The minimum Gasteiger partial charge on any atom is -0.337 e. The lowest BCUT2D eigenvalue weighted by atomic mass is 9.98. The largest absolute Gasteiger partial charge is 0.337 e. The number of likely N-dealkylation sites (tertiary alicyclic amines) is 1. The number of nitrogens with zero attached hydrogens (tertiary/aromatic N) is 2. The van der Waals surface area contributed by atoms with Gasteiger partial charge in [0.15, 0.2) is 0 Å². The van der Waals surface area contributed by atoms with Crippen LogP contribution in [0.4, 0.5) is 0 Å². The minimum absolute atomic E-state index is 0.170. The summed E-state index contributed by atoms with van der Waals surface area (Å²) < 4.78 is 0. The molecule has 2 N–H and O–H groups in total. The molecule has 3 rings (SSSR count). The highest BCUT2D eigenvalue weighted by molar-refractivity contribution is 7.13. The van der Waals surface area contributed by atoms with Gasteiger partial charge in [0.05, 0.1) is 10.7 Å².